The number of aryl methyl sites for hydroxylation is 2. The summed E-state index contributed by atoms with van der Waals surface area (Å²) in [5, 5.41) is 6.69. The van der Waals surface area contributed by atoms with E-state index < -0.39 is 0 Å². The number of carbonyl (C=O) groups excluding carboxylic acids is 2. The topological polar surface area (TPSA) is 140 Å². The van der Waals surface area contributed by atoms with Gasteiger partial charge >= 0.3 is 19.2 Å². The van der Waals surface area contributed by atoms with Gasteiger partial charge < -0.3 is 58.8 Å². The number of carbonyl (C=O) groups is 2. The summed E-state index contributed by atoms with van der Waals surface area (Å²) in [4.78, 5) is 48.2. The second-order valence-electron chi connectivity index (χ2n) is 24.4. The van der Waals surface area contributed by atoms with Gasteiger partial charge in [0.15, 0.2) is 0 Å². The minimum Gasteiger partial charge on any atom is -0.400 e. The maximum Gasteiger partial charge on any atom is 0.490 e. The SMILES string of the molecule is CC[C@@H]1CCN(C(=O)Nc2ccc(C)c(-c3cc(C4=CCN(C)CC4)nc(N4CCOCC4)c3)c2)C1.CC[C@@H]1CCN(C(=O)Nc2ccc(C)c(-c3cc(Cl)nc(N4CCOCC4)c3)c2)C1.CN1CC=C(B2OC(C)(C)C(C)(C)O2)CC1. The lowest BCUT2D eigenvalue weighted by Crippen LogP contribution is -2.41. The standard InChI is InChI=1S/C29H39N5O2.C23H29ClN4O2.C12H22BNO2/c1-4-22-7-12-34(20-22)29(35)30-25-6-5-21(2)26(19-25)24-17-27(23-8-10-32(3)11-9-23)31-28(18-24)33-13-15-36-16-14-33;1-3-17-6-7-28(15-17)23(29)25-19-5-4-16(2)20(14-19)18-12-21(24)26-22(13-18)27-8-10-30-11-9-27;1-11(2)12(3,4)16-13(15-11)10-6-8-14(5)9-7-10/h5-6,8,17-19,22H,4,7,9-16,20H2,1-3H3,(H,30,35);4-5,12-14,17H,3,6-11,15H2,1-2H3,(H,25,29);6H,7-9H2,1-5H3/t22-;17-;/m11./s1. The molecule has 0 bridgehead atoms. The molecular weight excluding hydrogens is 1050 g/mol. The molecule has 2 N–H and O–H groups in total. The number of rotatable bonds is 10. The fourth-order valence-corrected chi connectivity index (χ4v) is 11.7. The number of hydrogen-bond donors (Lipinski definition) is 2. The molecule has 18 heteroatoms. The van der Waals surface area contributed by atoms with Crippen molar-refractivity contribution in [2.45, 2.75) is 105 Å². The number of ether oxygens (including phenoxy) is 2. The first-order chi connectivity index (χ1) is 39.3. The third-order valence-corrected chi connectivity index (χ3v) is 18.1. The zero-order valence-electron chi connectivity index (χ0n) is 50.6. The summed E-state index contributed by atoms with van der Waals surface area (Å²) >= 11 is 6.36. The van der Waals surface area contributed by atoms with Crippen molar-refractivity contribution in [1.82, 2.24) is 29.6 Å². The van der Waals surface area contributed by atoms with Gasteiger partial charge in [0.2, 0.25) is 0 Å². The van der Waals surface area contributed by atoms with Gasteiger partial charge in [0.05, 0.1) is 43.3 Å². The summed E-state index contributed by atoms with van der Waals surface area (Å²) in [6, 6.07) is 20.6. The van der Waals surface area contributed by atoms with E-state index in [4.69, 9.17) is 35.4 Å². The van der Waals surface area contributed by atoms with Crippen LogP contribution in [0.5, 0.6) is 0 Å². The number of nitrogens with one attached hydrogen (secondary N) is 2. The van der Waals surface area contributed by atoms with Crippen LogP contribution in [0.3, 0.4) is 0 Å². The second-order valence-corrected chi connectivity index (χ2v) is 24.8. The van der Waals surface area contributed by atoms with Crippen molar-refractivity contribution in [2.24, 2.45) is 11.8 Å². The Morgan fingerprint density at radius 3 is 1.55 bits per heavy atom. The maximum atomic E-state index is 12.9. The number of anilines is 4. The number of pyridine rings is 2. The number of likely N-dealkylation sites (tertiary alicyclic amines) is 2. The summed E-state index contributed by atoms with van der Waals surface area (Å²) < 4.78 is 23.1. The Balaban J connectivity index is 0.000000159. The number of likely N-dealkylation sites (N-methyl/N-ethyl adjacent to an activating group) is 2. The molecule has 5 fully saturated rings. The Bertz CT molecular complexity index is 2910. The summed E-state index contributed by atoms with van der Waals surface area (Å²) in [5.74, 6) is 3.09. The Morgan fingerprint density at radius 1 is 0.622 bits per heavy atom. The van der Waals surface area contributed by atoms with Crippen molar-refractivity contribution in [1.29, 1.82) is 0 Å². The number of hydrogen-bond acceptors (Lipinski definition) is 12. The van der Waals surface area contributed by atoms with Gasteiger partial charge in [0, 0.05) is 89.9 Å². The molecule has 2 atom stereocenters. The number of morpholine rings is 2. The van der Waals surface area contributed by atoms with Gasteiger partial charge in [-0.1, -0.05) is 62.6 Å². The third kappa shape index (κ3) is 15.4. The molecule has 5 saturated heterocycles. The van der Waals surface area contributed by atoms with E-state index in [0.717, 1.165) is 187 Å². The Kier molecular flexibility index (Phi) is 20.4. The number of aromatic nitrogens is 2. The molecule has 82 heavy (non-hydrogen) atoms. The van der Waals surface area contributed by atoms with E-state index in [1.54, 1.807) is 0 Å². The fraction of sp³-hybridized carbons (Fsp3) is 0.562. The first kappa shape index (κ1) is 61.0. The van der Waals surface area contributed by atoms with Gasteiger partial charge in [0.1, 0.15) is 16.8 Å². The van der Waals surface area contributed by atoms with Crippen LogP contribution in [0, 0.1) is 25.7 Å². The van der Waals surface area contributed by atoms with Crippen LogP contribution in [-0.2, 0) is 18.8 Å². The van der Waals surface area contributed by atoms with Crippen molar-refractivity contribution in [3.8, 4) is 22.3 Å². The lowest BCUT2D eigenvalue weighted by atomic mass is 9.75. The lowest BCUT2D eigenvalue weighted by molar-refractivity contribution is 0.00578. The molecule has 7 aliphatic rings. The zero-order valence-corrected chi connectivity index (χ0v) is 51.4. The molecule has 2 aromatic heterocycles. The molecule has 0 spiro atoms. The predicted molar refractivity (Wildman–Crippen MR) is 334 cm³/mol. The molecular formula is C64H90BClN10O6. The van der Waals surface area contributed by atoms with E-state index in [-0.39, 0.29) is 30.4 Å². The van der Waals surface area contributed by atoms with Crippen molar-refractivity contribution >= 4 is 59.4 Å². The van der Waals surface area contributed by atoms with Gasteiger partial charge in [-0.2, -0.15) is 0 Å². The average Bonchev–Trinajstić information content (AvgIpc) is 4.17. The number of halogens is 1. The van der Waals surface area contributed by atoms with Crippen LogP contribution >= 0.6 is 11.6 Å². The fourth-order valence-electron chi connectivity index (χ4n) is 11.5. The van der Waals surface area contributed by atoms with Crippen molar-refractivity contribution in [3.63, 3.8) is 0 Å². The van der Waals surface area contributed by atoms with Gasteiger partial charge in [0.25, 0.3) is 0 Å². The second kappa shape index (κ2) is 27.5. The molecule has 0 aliphatic carbocycles. The van der Waals surface area contributed by atoms with Crippen LogP contribution in [0.2, 0.25) is 5.15 Å². The molecule has 442 valence electrons. The van der Waals surface area contributed by atoms with Crippen LogP contribution in [0.25, 0.3) is 27.8 Å². The number of nitrogens with zero attached hydrogens (tertiary/aromatic N) is 8. The smallest absolute Gasteiger partial charge is 0.400 e. The minimum absolute atomic E-state index is 0.00153. The van der Waals surface area contributed by atoms with Crippen LogP contribution in [0.4, 0.5) is 32.6 Å². The minimum atomic E-state index is -0.220. The zero-order chi connectivity index (χ0) is 58.1. The van der Waals surface area contributed by atoms with Crippen LogP contribution in [0.15, 0.2) is 78.3 Å². The highest BCUT2D eigenvalue weighted by atomic mass is 35.5. The highest BCUT2D eigenvalue weighted by Gasteiger charge is 2.52. The first-order valence-electron chi connectivity index (χ1n) is 30.1. The highest BCUT2D eigenvalue weighted by molar-refractivity contribution is 6.54. The van der Waals surface area contributed by atoms with E-state index in [2.05, 4.69) is 147 Å². The lowest BCUT2D eigenvalue weighted by Gasteiger charge is -2.32. The van der Waals surface area contributed by atoms with Crippen molar-refractivity contribution in [3.05, 3.63) is 100 Å². The molecule has 2 aromatic carbocycles. The molecule has 7 aliphatic heterocycles. The van der Waals surface area contributed by atoms with Gasteiger partial charge in [-0.25, -0.2) is 19.6 Å². The Morgan fingerprint density at radius 2 is 1.10 bits per heavy atom. The number of benzene rings is 2. The Labute approximate surface area is 494 Å². The molecule has 11 rings (SSSR count). The van der Waals surface area contributed by atoms with Gasteiger partial charge in [-0.3, -0.25) is 0 Å². The van der Waals surface area contributed by atoms with E-state index in [1.807, 2.05) is 40.1 Å². The van der Waals surface area contributed by atoms with Gasteiger partial charge in [-0.05, 0) is 186 Å². The normalized spacial score (nSPS) is 22.0. The Hall–Kier alpha value is -5.53. The quantitative estimate of drug-likeness (QED) is 0.115. The van der Waals surface area contributed by atoms with E-state index in [0.29, 0.717) is 30.2 Å². The molecule has 9 heterocycles. The molecule has 0 radical (unpaired) electrons. The van der Waals surface area contributed by atoms with Crippen molar-refractivity contribution in [2.75, 3.05) is 139 Å². The van der Waals surface area contributed by atoms with E-state index in [9.17, 15) is 9.59 Å². The first-order valence-corrected chi connectivity index (χ1v) is 30.5. The monoisotopic (exact) mass is 1140 g/mol. The molecule has 16 nitrogen and oxygen atoms in total. The molecule has 0 saturated carbocycles. The predicted octanol–water partition coefficient (Wildman–Crippen LogP) is 11.6. The van der Waals surface area contributed by atoms with E-state index in [1.165, 1.54) is 16.6 Å². The largest absolute Gasteiger partial charge is 0.490 e. The highest BCUT2D eigenvalue weighted by Crippen LogP contribution is 2.40. The third-order valence-electron chi connectivity index (χ3n) is 17.9. The van der Waals surface area contributed by atoms with Gasteiger partial charge in [-0.15, -0.1) is 0 Å². The molecule has 4 aromatic rings. The van der Waals surface area contributed by atoms with Crippen LogP contribution in [0.1, 0.15) is 96.9 Å². The maximum absolute atomic E-state index is 12.9. The average molecular weight is 1140 g/mol. The summed E-state index contributed by atoms with van der Waals surface area (Å²) in [6.07, 6.45) is 11.0. The van der Waals surface area contributed by atoms with Crippen LogP contribution < -0.4 is 20.4 Å². The van der Waals surface area contributed by atoms with Crippen molar-refractivity contribution < 1.29 is 28.4 Å². The number of amides is 4. The molecule has 4 amide bonds. The number of urea groups is 2. The summed E-state index contributed by atoms with van der Waals surface area (Å²) in [5.41, 5.74) is 11.5. The summed E-state index contributed by atoms with van der Waals surface area (Å²) in [6.45, 7) is 30.6. The van der Waals surface area contributed by atoms with E-state index >= 15 is 0 Å². The summed E-state index contributed by atoms with van der Waals surface area (Å²) in [7, 11) is 4.15. The van der Waals surface area contributed by atoms with Crippen LogP contribution in [-0.4, -0.2) is 179 Å². The molecule has 0 unspecified atom stereocenters.